The summed E-state index contributed by atoms with van der Waals surface area (Å²) in [6, 6.07) is 9.92. The van der Waals surface area contributed by atoms with Crippen LogP contribution in [0.2, 0.25) is 0 Å². The number of likely N-dealkylation sites (tertiary alicyclic amines) is 1. The summed E-state index contributed by atoms with van der Waals surface area (Å²) in [7, 11) is 0. The van der Waals surface area contributed by atoms with Crippen molar-refractivity contribution < 1.29 is 19.1 Å². The number of thiophene rings is 1. The van der Waals surface area contributed by atoms with Crippen LogP contribution >= 0.6 is 11.3 Å². The first kappa shape index (κ1) is 25.4. The zero-order chi connectivity index (χ0) is 26.5. The second kappa shape index (κ2) is 9.58. The Kier molecular flexibility index (Phi) is 6.58. The van der Waals surface area contributed by atoms with Crippen LogP contribution < -0.4 is 5.73 Å². The van der Waals surface area contributed by atoms with Crippen LogP contribution in [0.5, 0.6) is 0 Å². The van der Waals surface area contributed by atoms with Gasteiger partial charge >= 0.3 is 5.97 Å². The number of anilines is 1. The third-order valence-electron chi connectivity index (χ3n) is 7.36. The van der Waals surface area contributed by atoms with Gasteiger partial charge in [-0.15, -0.1) is 11.3 Å². The molecule has 194 valence electrons. The fourth-order valence-corrected chi connectivity index (χ4v) is 6.81. The van der Waals surface area contributed by atoms with Gasteiger partial charge in [0.15, 0.2) is 0 Å². The van der Waals surface area contributed by atoms with E-state index in [1.807, 2.05) is 63.3 Å². The highest BCUT2D eigenvalue weighted by atomic mass is 32.1. The zero-order valence-electron chi connectivity index (χ0n) is 21.6. The predicted octanol–water partition coefficient (Wildman–Crippen LogP) is 4.67. The van der Waals surface area contributed by atoms with Gasteiger partial charge in [-0.1, -0.05) is 54.6 Å². The lowest BCUT2D eigenvalue weighted by Crippen LogP contribution is -2.45. The van der Waals surface area contributed by atoms with E-state index in [2.05, 4.69) is 24.0 Å². The van der Waals surface area contributed by atoms with Gasteiger partial charge in [-0.2, -0.15) is 0 Å². The summed E-state index contributed by atoms with van der Waals surface area (Å²) in [4.78, 5) is 44.4. The van der Waals surface area contributed by atoms with Crippen molar-refractivity contribution in [1.29, 1.82) is 0 Å². The zero-order valence-corrected chi connectivity index (χ0v) is 22.5. The van der Waals surface area contributed by atoms with Crippen molar-refractivity contribution in [3.8, 4) is 0 Å². The van der Waals surface area contributed by atoms with Gasteiger partial charge in [0.25, 0.3) is 0 Å². The molecule has 7 nitrogen and oxygen atoms in total. The van der Waals surface area contributed by atoms with Crippen LogP contribution in [0.3, 0.4) is 0 Å². The minimum atomic E-state index is -0.647. The van der Waals surface area contributed by atoms with E-state index in [1.54, 1.807) is 0 Å². The molecule has 0 saturated carbocycles. The predicted molar refractivity (Wildman–Crippen MR) is 144 cm³/mol. The smallest absolute Gasteiger partial charge is 0.341 e. The average Bonchev–Trinajstić information content (AvgIpc) is 3.32. The molecule has 0 bridgehead atoms. The molecule has 2 amide bonds. The number of hydrogen-bond acceptors (Lipinski definition) is 7. The number of nitrogen functional groups attached to an aromatic ring is 1. The van der Waals surface area contributed by atoms with Crippen molar-refractivity contribution in [3.63, 3.8) is 0 Å². The fraction of sp³-hybridized carbons (Fsp3) is 0.414. The van der Waals surface area contributed by atoms with Gasteiger partial charge in [0.1, 0.15) is 10.6 Å². The van der Waals surface area contributed by atoms with Crippen LogP contribution in [0.25, 0.3) is 0 Å². The quantitative estimate of drug-likeness (QED) is 0.456. The van der Waals surface area contributed by atoms with Crippen molar-refractivity contribution in [2.45, 2.75) is 51.8 Å². The van der Waals surface area contributed by atoms with E-state index < -0.39 is 23.4 Å². The van der Waals surface area contributed by atoms with Gasteiger partial charge < -0.3 is 10.5 Å². The molecule has 2 aliphatic heterocycles. The van der Waals surface area contributed by atoms with Crippen LogP contribution in [0.15, 0.2) is 54.6 Å². The van der Waals surface area contributed by atoms with Crippen molar-refractivity contribution in [2.75, 3.05) is 18.8 Å². The van der Waals surface area contributed by atoms with E-state index in [0.29, 0.717) is 23.5 Å². The van der Waals surface area contributed by atoms with Crippen LogP contribution in [-0.4, -0.2) is 46.3 Å². The van der Waals surface area contributed by atoms with Gasteiger partial charge in [0.05, 0.1) is 23.4 Å². The molecule has 4 atom stereocenters. The second-order valence-corrected chi connectivity index (χ2v) is 12.0. The molecule has 5 rings (SSSR count). The molecular formula is C29H33N3O4S. The molecule has 1 aliphatic carbocycles. The highest BCUT2D eigenvalue weighted by Gasteiger charge is 2.48. The number of carbonyl (C=O) groups is 3. The van der Waals surface area contributed by atoms with E-state index in [0.717, 1.165) is 16.0 Å². The van der Waals surface area contributed by atoms with Gasteiger partial charge in [0, 0.05) is 24.0 Å². The normalized spacial score (nSPS) is 24.2. The fourth-order valence-electron chi connectivity index (χ4n) is 5.60. The maximum Gasteiger partial charge on any atom is 0.341 e. The van der Waals surface area contributed by atoms with Crippen LogP contribution in [0, 0.1) is 11.8 Å². The van der Waals surface area contributed by atoms with Crippen molar-refractivity contribution >= 4 is 34.1 Å². The molecule has 2 unspecified atom stereocenters. The van der Waals surface area contributed by atoms with Gasteiger partial charge in [-0.25, -0.2) is 4.79 Å². The Labute approximate surface area is 221 Å². The molecule has 0 radical (unpaired) electrons. The molecule has 1 fully saturated rings. The topological polar surface area (TPSA) is 92.9 Å². The van der Waals surface area contributed by atoms with Crippen LogP contribution in [0.4, 0.5) is 5.00 Å². The van der Waals surface area contributed by atoms with Gasteiger partial charge in [0.2, 0.25) is 11.8 Å². The summed E-state index contributed by atoms with van der Waals surface area (Å²) >= 11 is 1.36. The van der Waals surface area contributed by atoms with E-state index in [4.69, 9.17) is 10.5 Å². The summed E-state index contributed by atoms with van der Waals surface area (Å²) in [6.07, 6.45) is 7.90. The lowest BCUT2D eigenvalue weighted by Gasteiger charge is -2.41. The number of carbonyl (C=O) groups excluding carboxylic acids is 3. The van der Waals surface area contributed by atoms with Gasteiger partial charge in [-0.3, -0.25) is 19.4 Å². The second-order valence-electron chi connectivity index (χ2n) is 10.9. The number of imide groups is 1. The maximum absolute atomic E-state index is 13.3. The molecule has 0 spiro atoms. The first-order valence-corrected chi connectivity index (χ1v) is 13.5. The molecule has 3 aliphatic rings. The lowest BCUT2D eigenvalue weighted by atomic mass is 9.91. The van der Waals surface area contributed by atoms with Crippen molar-refractivity contribution in [2.24, 2.45) is 11.8 Å². The Morgan fingerprint density at radius 2 is 1.73 bits per heavy atom. The number of allylic oxidation sites excluding steroid dienone is 2. The molecule has 1 aromatic heterocycles. The van der Waals surface area contributed by atoms with E-state index in [1.165, 1.54) is 16.2 Å². The van der Waals surface area contributed by atoms with Gasteiger partial charge in [-0.05, 0) is 45.2 Å². The van der Waals surface area contributed by atoms with E-state index in [9.17, 15) is 14.4 Å². The average molecular weight is 520 g/mol. The number of fused-ring (bicyclic) bond motifs is 2. The Morgan fingerprint density at radius 1 is 1.11 bits per heavy atom. The SMILES string of the molecule is C[C@@H](c1ccccc1)N1CCc2c(sc(N)c2C(=O)OC(C)(C)C)[C@H]1CN1C(=O)C2C=CC=CC2C1=O. The molecule has 2 N–H and O–H groups in total. The van der Waals surface area contributed by atoms with Crippen molar-refractivity contribution in [3.05, 3.63) is 76.2 Å². The summed E-state index contributed by atoms with van der Waals surface area (Å²) in [5.74, 6) is -1.68. The molecule has 2 aromatic rings. The number of nitrogens with two attached hydrogens (primary N) is 1. The third-order valence-corrected chi connectivity index (χ3v) is 8.53. The minimum Gasteiger partial charge on any atom is -0.456 e. The first-order chi connectivity index (χ1) is 17.6. The number of hydrogen-bond donors (Lipinski definition) is 1. The molecule has 37 heavy (non-hydrogen) atoms. The number of benzene rings is 1. The summed E-state index contributed by atoms with van der Waals surface area (Å²) in [6.45, 7) is 8.50. The molecule has 1 aromatic carbocycles. The first-order valence-electron chi connectivity index (χ1n) is 12.7. The molecule has 8 heteroatoms. The van der Waals surface area contributed by atoms with Crippen LogP contribution in [-0.2, 0) is 20.7 Å². The Morgan fingerprint density at radius 3 is 2.32 bits per heavy atom. The highest BCUT2D eigenvalue weighted by Crippen LogP contribution is 2.45. The summed E-state index contributed by atoms with van der Waals surface area (Å²) in [5, 5.41) is 0.414. The summed E-state index contributed by atoms with van der Waals surface area (Å²) < 4.78 is 5.68. The molecular weight excluding hydrogens is 486 g/mol. The molecule has 1 saturated heterocycles. The maximum atomic E-state index is 13.3. The Hall–Kier alpha value is -3.23. The van der Waals surface area contributed by atoms with E-state index in [-0.39, 0.29) is 30.4 Å². The largest absolute Gasteiger partial charge is 0.456 e. The number of rotatable bonds is 5. The summed E-state index contributed by atoms with van der Waals surface area (Å²) in [5.41, 5.74) is 8.22. The standard InChI is InChI=1S/C29H33N3O4S/c1-17(18-10-6-5-7-11-18)31-15-14-21-23(28(35)36-29(2,3)4)25(30)37-24(21)22(31)16-32-26(33)19-12-8-9-13-20(19)27(32)34/h5-13,17,19-20,22H,14-16,30H2,1-4H3/t17-,19?,20?,22+/m0/s1. The number of nitrogens with zero attached hydrogens (tertiary/aromatic N) is 2. The van der Waals surface area contributed by atoms with Crippen molar-refractivity contribution in [1.82, 2.24) is 9.80 Å². The van der Waals surface area contributed by atoms with E-state index >= 15 is 0 Å². The minimum absolute atomic E-state index is 0.0301. The number of esters is 1. The number of ether oxygens (including phenoxy) is 1. The Bertz CT molecular complexity index is 1260. The lowest BCUT2D eigenvalue weighted by molar-refractivity contribution is -0.140. The number of amides is 2. The third kappa shape index (κ3) is 4.64. The monoisotopic (exact) mass is 519 g/mol. The van der Waals surface area contributed by atoms with Crippen LogP contribution in [0.1, 0.15) is 66.1 Å². The Balaban J connectivity index is 1.54. The highest BCUT2D eigenvalue weighted by molar-refractivity contribution is 7.16. The molecule has 3 heterocycles.